The lowest BCUT2D eigenvalue weighted by Crippen LogP contribution is -2.62. The largest absolute Gasteiger partial charge is 0.452 e. The van der Waals surface area contributed by atoms with Crippen LogP contribution in [0.4, 0.5) is 0 Å². The Balaban J connectivity index is 1.66. The predicted molar refractivity (Wildman–Crippen MR) is 132 cm³/mol. The van der Waals surface area contributed by atoms with Crippen LogP contribution in [0.1, 0.15) is 31.1 Å². The molecule has 0 amide bonds. The Morgan fingerprint density at radius 1 is 0.639 bits per heavy atom. The number of rotatable bonds is 7. The SMILES string of the molecule is O=C(OC1C(OC(=O)c2ccccc2)[C@@H](O)OC(CS)[C@H]1OC(=O)c1ccccc1)c1ccccc1. The highest BCUT2D eigenvalue weighted by atomic mass is 32.1. The summed E-state index contributed by atoms with van der Waals surface area (Å²) in [4.78, 5) is 38.7. The molecule has 1 aliphatic heterocycles. The van der Waals surface area contributed by atoms with E-state index in [0.29, 0.717) is 0 Å². The molecule has 186 valence electrons. The number of carbonyl (C=O) groups is 3. The van der Waals surface area contributed by atoms with Gasteiger partial charge in [-0.3, -0.25) is 0 Å². The van der Waals surface area contributed by atoms with Crippen molar-refractivity contribution < 1.29 is 38.4 Å². The van der Waals surface area contributed by atoms with Gasteiger partial charge in [0.05, 0.1) is 16.7 Å². The third-order valence-electron chi connectivity index (χ3n) is 5.55. The van der Waals surface area contributed by atoms with Crippen molar-refractivity contribution in [3.8, 4) is 0 Å². The molecular formula is C27H24O8S. The molecule has 1 N–H and O–H groups in total. The van der Waals surface area contributed by atoms with Crippen molar-refractivity contribution in [1.82, 2.24) is 0 Å². The fraction of sp³-hybridized carbons (Fsp3) is 0.222. The van der Waals surface area contributed by atoms with E-state index in [1.165, 1.54) is 12.1 Å². The topological polar surface area (TPSA) is 108 Å². The Bertz CT molecular complexity index is 1170. The smallest absolute Gasteiger partial charge is 0.338 e. The van der Waals surface area contributed by atoms with Crippen molar-refractivity contribution in [2.75, 3.05) is 5.75 Å². The first-order valence-electron chi connectivity index (χ1n) is 11.2. The van der Waals surface area contributed by atoms with Crippen LogP contribution in [0.2, 0.25) is 0 Å². The zero-order chi connectivity index (χ0) is 25.5. The summed E-state index contributed by atoms with van der Waals surface area (Å²) in [6.07, 6.45) is -6.75. The molecule has 0 bridgehead atoms. The van der Waals surface area contributed by atoms with Crippen molar-refractivity contribution in [1.29, 1.82) is 0 Å². The quantitative estimate of drug-likeness (QED) is 0.284. The van der Waals surface area contributed by atoms with E-state index in [0.717, 1.165) is 0 Å². The van der Waals surface area contributed by atoms with E-state index in [2.05, 4.69) is 12.6 Å². The number of carbonyl (C=O) groups excluding carboxylic acids is 3. The molecule has 3 unspecified atom stereocenters. The highest BCUT2D eigenvalue weighted by Crippen LogP contribution is 2.30. The predicted octanol–water partition coefficient (Wildman–Crippen LogP) is 3.31. The van der Waals surface area contributed by atoms with Crippen LogP contribution in [0.3, 0.4) is 0 Å². The summed E-state index contributed by atoms with van der Waals surface area (Å²) in [5.41, 5.74) is 0.696. The van der Waals surface area contributed by atoms with E-state index in [4.69, 9.17) is 18.9 Å². The maximum absolute atomic E-state index is 13.0. The summed E-state index contributed by atoms with van der Waals surface area (Å²) in [7, 11) is 0. The molecule has 36 heavy (non-hydrogen) atoms. The van der Waals surface area contributed by atoms with Gasteiger partial charge >= 0.3 is 17.9 Å². The summed E-state index contributed by atoms with van der Waals surface area (Å²) in [6.45, 7) is 0. The molecule has 1 fully saturated rings. The van der Waals surface area contributed by atoms with Gasteiger partial charge in [-0.1, -0.05) is 54.6 Å². The lowest BCUT2D eigenvalue weighted by atomic mass is 9.98. The van der Waals surface area contributed by atoms with Gasteiger partial charge in [0.25, 0.3) is 0 Å². The van der Waals surface area contributed by atoms with Crippen molar-refractivity contribution in [3.63, 3.8) is 0 Å². The third-order valence-corrected chi connectivity index (χ3v) is 5.91. The molecule has 0 aromatic heterocycles. The van der Waals surface area contributed by atoms with Crippen LogP contribution in [-0.2, 0) is 18.9 Å². The molecule has 0 spiro atoms. The van der Waals surface area contributed by atoms with Gasteiger partial charge in [0.15, 0.2) is 24.6 Å². The Hall–Kier alpha value is -3.66. The summed E-state index contributed by atoms with van der Waals surface area (Å²) in [5.74, 6) is -2.22. The molecule has 1 saturated heterocycles. The Labute approximate surface area is 213 Å². The molecule has 1 heterocycles. The minimum Gasteiger partial charge on any atom is -0.452 e. The fourth-order valence-electron chi connectivity index (χ4n) is 3.74. The van der Waals surface area contributed by atoms with Gasteiger partial charge in [0, 0.05) is 5.75 Å². The Kier molecular flexibility index (Phi) is 8.37. The van der Waals surface area contributed by atoms with Crippen LogP contribution in [0.25, 0.3) is 0 Å². The number of aliphatic hydroxyl groups is 1. The van der Waals surface area contributed by atoms with Gasteiger partial charge in [-0.25, -0.2) is 14.4 Å². The van der Waals surface area contributed by atoms with Crippen LogP contribution in [-0.4, -0.2) is 59.5 Å². The molecule has 9 heteroatoms. The molecular weight excluding hydrogens is 484 g/mol. The van der Waals surface area contributed by atoms with Gasteiger partial charge in [-0.15, -0.1) is 0 Å². The van der Waals surface area contributed by atoms with E-state index in [1.54, 1.807) is 78.9 Å². The number of aliphatic hydroxyl groups excluding tert-OH is 1. The molecule has 3 aromatic carbocycles. The van der Waals surface area contributed by atoms with Crippen LogP contribution >= 0.6 is 12.6 Å². The second kappa shape index (κ2) is 11.9. The number of ether oxygens (including phenoxy) is 4. The monoisotopic (exact) mass is 508 g/mol. The Morgan fingerprint density at radius 2 is 1.00 bits per heavy atom. The van der Waals surface area contributed by atoms with Gasteiger partial charge in [-0.2, -0.15) is 12.6 Å². The van der Waals surface area contributed by atoms with Crippen LogP contribution in [0, 0.1) is 0 Å². The lowest BCUT2D eigenvalue weighted by Gasteiger charge is -2.42. The molecule has 5 atom stereocenters. The molecule has 8 nitrogen and oxygen atoms in total. The number of benzene rings is 3. The highest BCUT2D eigenvalue weighted by molar-refractivity contribution is 7.80. The minimum absolute atomic E-state index is 0.0164. The summed E-state index contributed by atoms with van der Waals surface area (Å²) in [6, 6.07) is 24.5. The minimum atomic E-state index is -1.67. The van der Waals surface area contributed by atoms with E-state index in [1.807, 2.05) is 0 Å². The maximum atomic E-state index is 13.0. The zero-order valence-corrected chi connectivity index (χ0v) is 19.9. The van der Waals surface area contributed by atoms with E-state index < -0.39 is 48.6 Å². The lowest BCUT2D eigenvalue weighted by molar-refractivity contribution is -0.274. The van der Waals surface area contributed by atoms with Gasteiger partial charge in [0.1, 0.15) is 6.10 Å². The number of esters is 3. The van der Waals surface area contributed by atoms with Crippen molar-refractivity contribution in [2.45, 2.75) is 30.7 Å². The molecule has 4 rings (SSSR count). The standard InChI is InChI=1S/C27H24O8S/c28-24(17-10-4-1-5-11-17)33-21-20(16-36)32-27(31)23(35-26(30)19-14-8-3-9-15-19)22(21)34-25(29)18-12-6-2-7-13-18/h1-15,20-23,27,31,36H,16H2/t20?,21-,22?,23?,27+/m1/s1. The highest BCUT2D eigenvalue weighted by Gasteiger charge is 2.51. The van der Waals surface area contributed by atoms with E-state index >= 15 is 0 Å². The summed E-state index contributed by atoms with van der Waals surface area (Å²) < 4.78 is 22.5. The van der Waals surface area contributed by atoms with Crippen LogP contribution < -0.4 is 0 Å². The Morgan fingerprint density at radius 3 is 1.39 bits per heavy atom. The third kappa shape index (κ3) is 5.93. The second-order valence-corrected chi connectivity index (χ2v) is 8.32. The number of thiol groups is 1. The molecule has 0 saturated carbocycles. The van der Waals surface area contributed by atoms with Crippen LogP contribution in [0.15, 0.2) is 91.0 Å². The first-order chi connectivity index (χ1) is 17.5. The van der Waals surface area contributed by atoms with Gasteiger partial charge in [-0.05, 0) is 36.4 Å². The molecule has 3 aromatic rings. The van der Waals surface area contributed by atoms with Gasteiger partial charge < -0.3 is 24.1 Å². The average molecular weight is 509 g/mol. The first kappa shape index (κ1) is 25.4. The fourth-order valence-corrected chi connectivity index (χ4v) is 4.04. The summed E-state index contributed by atoms with van der Waals surface area (Å²) in [5, 5.41) is 10.7. The molecule has 0 aliphatic carbocycles. The summed E-state index contributed by atoms with van der Waals surface area (Å²) >= 11 is 4.26. The first-order valence-corrected chi connectivity index (χ1v) is 11.8. The van der Waals surface area contributed by atoms with Crippen molar-refractivity contribution in [2.24, 2.45) is 0 Å². The normalized spacial score (nSPS) is 23.3. The number of hydrogen-bond donors (Lipinski definition) is 2. The average Bonchev–Trinajstić information content (AvgIpc) is 2.93. The molecule has 0 radical (unpaired) electrons. The van der Waals surface area contributed by atoms with E-state index in [9.17, 15) is 19.5 Å². The van der Waals surface area contributed by atoms with Crippen molar-refractivity contribution in [3.05, 3.63) is 108 Å². The molecule has 1 aliphatic rings. The van der Waals surface area contributed by atoms with Crippen molar-refractivity contribution >= 4 is 30.5 Å². The van der Waals surface area contributed by atoms with E-state index in [-0.39, 0.29) is 22.4 Å². The van der Waals surface area contributed by atoms with Gasteiger partial charge in [0.2, 0.25) is 0 Å². The maximum Gasteiger partial charge on any atom is 0.338 e. The van der Waals surface area contributed by atoms with Crippen LogP contribution in [0.5, 0.6) is 0 Å². The zero-order valence-electron chi connectivity index (χ0n) is 19.0. The second-order valence-electron chi connectivity index (χ2n) is 7.96. The number of hydrogen-bond acceptors (Lipinski definition) is 9.